The normalized spacial score (nSPS) is 27.0. The molecule has 4 fully saturated rings. The van der Waals surface area contributed by atoms with Gasteiger partial charge in [-0.3, -0.25) is 4.90 Å². The van der Waals surface area contributed by atoms with Crippen LogP contribution in [0.25, 0.3) is 0 Å². The summed E-state index contributed by atoms with van der Waals surface area (Å²) in [6, 6.07) is 9.15. The summed E-state index contributed by atoms with van der Waals surface area (Å²) in [4.78, 5) is 29.7. The van der Waals surface area contributed by atoms with Crippen LogP contribution < -0.4 is 4.74 Å². The molecule has 2 saturated carbocycles. The molecule has 168 valence electrons. The predicted octanol–water partition coefficient (Wildman–Crippen LogP) is 5.22. The first-order valence-electron chi connectivity index (χ1n) is 12.2. The number of hydrogen-bond acceptors (Lipinski definition) is 4. The number of nitrogens with zero attached hydrogens (tertiary/aromatic N) is 2. The maximum absolute atomic E-state index is 13.0. The van der Waals surface area contributed by atoms with E-state index in [1.54, 1.807) is 17.0 Å². The number of fused-ring (bicyclic) bond motifs is 1. The van der Waals surface area contributed by atoms with Crippen LogP contribution in [0.5, 0.6) is 5.75 Å². The van der Waals surface area contributed by atoms with Gasteiger partial charge in [0.25, 0.3) is 0 Å². The Balaban J connectivity index is 1.41. The minimum absolute atomic E-state index is 0.0664. The Morgan fingerprint density at radius 3 is 2.13 bits per heavy atom. The first-order chi connectivity index (χ1) is 15.2. The molecular weight excluding hydrogens is 392 g/mol. The number of hydrogen-bond donors (Lipinski definition) is 0. The molecule has 6 heteroatoms. The minimum atomic E-state index is -0.455. The summed E-state index contributed by atoms with van der Waals surface area (Å²) in [5.41, 5.74) is -0.455. The van der Waals surface area contributed by atoms with Gasteiger partial charge in [-0.25, -0.2) is 9.59 Å². The number of piperazine rings is 1. The van der Waals surface area contributed by atoms with E-state index in [4.69, 9.17) is 9.47 Å². The molecular formula is C25H34N2O4. The van der Waals surface area contributed by atoms with Gasteiger partial charge in [-0.05, 0) is 37.8 Å². The number of carbonyl (C=O) groups is 2. The summed E-state index contributed by atoms with van der Waals surface area (Å²) in [6.45, 7) is 1.52. The molecule has 2 saturated heterocycles. The average molecular weight is 427 g/mol. The topological polar surface area (TPSA) is 59.1 Å². The molecule has 0 bridgehead atoms. The molecule has 2 aliphatic heterocycles. The van der Waals surface area contributed by atoms with Crippen LogP contribution in [-0.4, -0.2) is 53.3 Å². The molecule has 6 nitrogen and oxygen atoms in total. The standard InChI is InChI=1S/C25H34N2O4/c28-23(30-21-14-8-3-9-15-21)26-16-17-27-22(18-26)25(31-24(27)29,19-10-4-1-5-11-19)20-12-6-2-7-13-20/h3,8-9,14-15,19-20,22H,1-2,4-7,10-13,16-18H2. The molecule has 1 aromatic carbocycles. The Morgan fingerprint density at radius 1 is 0.903 bits per heavy atom. The van der Waals surface area contributed by atoms with Crippen LogP contribution in [-0.2, 0) is 4.74 Å². The second kappa shape index (κ2) is 8.71. The first-order valence-corrected chi connectivity index (χ1v) is 12.2. The predicted molar refractivity (Wildman–Crippen MR) is 117 cm³/mol. The molecule has 1 unspecified atom stereocenters. The molecule has 5 rings (SSSR count). The van der Waals surface area contributed by atoms with Crippen molar-refractivity contribution in [2.24, 2.45) is 11.8 Å². The maximum atomic E-state index is 13.0. The number of para-hydroxylation sites is 1. The highest BCUT2D eigenvalue weighted by molar-refractivity contribution is 5.74. The monoisotopic (exact) mass is 426 g/mol. The van der Waals surface area contributed by atoms with Gasteiger partial charge in [0.2, 0.25) is 0 Å². The fraction of sp³-hybridized carbons (Fsp3) is 0.680. The van der Waals surface area contributed by atoms with Gasteiger partial charge >= 0.3 is 12.2 Å². The number of benzene rings is 1. The van der Waals surface area contributed by atoms with Crippen molar-refractivity contribution in [1.29, 1.82) is 0 Å². The largest absolute Gasteiger partial charge is 0.440 e. The summed E-state index contributed by atoms with van der Waals surface area (Å²) in [6.07, 6.45) is 11.4. The van der Waals surface area contributed by atoms with E-state index in [-0.39, 0.29) is 18.2 Å². The fourth-order valence-corrected chi connectivity index (χ4v) is 6.64. The Bertz CT molecular complexity index is 768. The van der Waals surface area contributed by atoms with Crippen molar-refractivity contribution in [2.75, 3.05) is 19.6 Å². The summed E-state index contributed by atoms with van der Waals surface area (Å²) in [5.74, 6) is 1.35. The van der Waals surface area contributed by atoms with Gasteiger partial charge in [0.05, 0.1) is 6.04 Å². The molecule has 2 heterocycles. The van der Waals surface area contributed by atoms with Gasteiger partial charge in [-0.1, -0.05) is 56.7 Å². The van der Waals surface area contributed by atoms with Crippen molar-refractivity contribution >= 4 is 12.2 Å². The van der Waals surface area contributed by atoms with Crippen molar-refractivity contribution in [2.45, 2.75) is 75.9 Å². The molecule has 4 aliphatic rings. The molecule has 0 N–H and O–H groups in total. The van der Waals surface area contributed by atoms with Crippen molar-refractivity contribution in [3.05, 3.63) is 30.3 Å². The van der Waals surface area contributed by atoms with Crippen LogP contribution in [0.2, 0.25) is 0 Å². The highest BCUT2D eigenvalue weighted by Crippen LogP contribution is 2.52. The van der Waals surface area contributed by atoms with Crippen LogP contribution in [0.15, 0.2) is 30.3 Å². The molecule has 2 amide bonds. The van der Waals surface area contributed by atoms with E-state index in [1.807, 2.05) is 23.1 Å². The van der Waals surface area contributed by atoms with E-state index in [2.05, 4.69) is 0 Å². The number of amides is 2. The lowest BCUT2D eigenvalue weighted by Gasteiger charge is -2.50. The van der Waals surface area contributed by atoms with Crippen LogP contribution in [0.3, 0.4) is 0 Å². The van der Waals surface area contributed by atoms with E-state index >= 15 is 0 Å². The number of cyclic esters (lactones) is 1. The van der Waals surface area contributed by atoms with Gasteiger partial charge < -0.3 is 14.4 Å². The van der Waals surface area contributed by atoms with Crippen LogP contribution in [0.1, 0.15) is 64.2 Å². The van der Waals surface area contributed by atoms with Crippen LogP contribution >= 0.6 is 0 Å². The first kappa shape index (κ1) is 20.7. The van der Waals surface area contributed by atoms with Crippen LogP contribution in [0.4, 0.5) is 9.59 Å². The van der Waals surface area contributed by atoms with E-state index in [0.717, 1.165) is 25.7 Å². The Labute approximate surface area is 184 Å². The summed E-state index contributed by atoms with van der Waals surface area (Å²) >= 11 is 0. The van der Waals surface area contributed by atoms with Crippen molar-refractivity contribution in [1.82, 2.24) is 9.80 Å². The highest BCUT2D eigenvalue weighted by atomic mass is 16.6. The van der Waals surface area contributed by atoms with E-state index in [0.29, 0.717) is 37.2 Å². The maximum Gasteiger partial charge on any atom is 0.415 e. The summed E-state index contributed by atoms with van der Waals surface area (Å²) in [5, 5.41) is 0. The molecule has 0 radical (unpaired) electrons. The smallest absolute Gasteiger partial charge is 0.415 e. The Kier molecular flexibility index (Phi) is 5.81. The van der Waals surface area contributed by atoms with Gasteiger partial charge in [0.15, 0.2) is 0 Å². The number of rotatable bonds is 3. The molecule has 31 heavy (non-hydrogen) atoms. The molecule has 2 aliphatic carbocycles. The van der Waals surface area contributed by atoms with Gasteiger partial charge in [-0.15, -0.1) is 0 Å². The Hall–Kier alpha value is -2.24. The molecule has 0 aromatic heterocycles. The number of carbonyl (C=O) groups excluding carboxylic acids is 2. The van der Waals surface area contributed by atoms with Crippen molar-refractivity contribution < 1.29 is 19.1 Å². The quantitative estimate of drug-likeness (QED) is 0.665. The second-order valence-corrected chi connectivity index (χ2v) is 9.73. The Morgan fingerprint density at radius 2 is 1.52 bits per heavy atom. The lowest BCUT2D eigenvalue weighted by molar-refractivity contribution is -0.0964. The fourth-order valence-electron chi connectivity index (χ4n) is 6.64. The zero-order valence-corrected chi connectivity index (χ0v) is 18.3. The third kappa shape index (κ3) is 3.79. The lowest BCUT2D eigenvalue weighted by atomic mass is 9.63. The van der Waals surface area contributed by atoms with Crippen LogP contribution in [0, 0.1) is 11.8 Å². The van der Waals surface area contributed by atoms with E-state index < -0.39 is 5.60 Å². The van der Waals surface area contributed by atoms with Crippen molar-refractivity contribution in [3.63, 3.8) is 0 Å². The molecule has 1 aromatic rings. The molecule has 1 atom stereocenters. The number of ether oxygens (including phenoxy) is 2. The lowest BCUT2D eigenvalue weighted by Crippen LogP contribution is -2.64. The van der Waals surface area contributed by atoms with Gasteiger partial charge in [0, 0.05) is 31.5 Å². The van der Waals surface area contributed by atoms with Crippen molar-refractivity contribution in [3.8, 4) is 5.75 Å². The SMILES string of the molecule is O=C(Oc1ccccc1)N1CCN2C(=O)OC(C3CCCCC3)(C3CCCCC3)C2C1. The van der Waals surface area contributed by atoms with Gasteiger partial charge in [0.1, 0.15) is 11.4 Å². The summed E-state index contributed by atoms with van der Waals surface area (Å²) < 4.78 is 12.1. The van der Waals surface area contributed by atoms with E-state index in [9.17, 15) is 9.59 Å². The molecule has 0 spiro atoms. The third-order valence-electron chi connectivity index (χ3n) is 8.09. The second-order valence-electron chi connectivity index (χ2n) is 9.73. The average Bonchev–Trinajstić information content (AvgIpc) is 3.13. The summed E-state index contributed by atoms with van der Waals surface area (Å²) in [7, 11) is 0. The third-order valence-corrected chi connectivity index (χ3v) is 8.09. The minimum Gasteiger partial charge on any atom is -0.440 e. The van der Waals surface area contributed by atoms with E-state index in [1.165, 1.54) is 38.5 Å². The zero-order valence-electron chi connectivity index (χ0n) is 18.3. The van der Waals surface area contributed by atoms with Gasteiger partial charge in [-0.2, -0.15) is 0 Å². The highest BCUT2D eigenvalue weighted by Gasteiger charge is 2.62. The zero-order chi connectivity index (χ0) is 21.3.